The second kappa shape index (κ2) is 9.71. The summed E-state index contributed by atoms with van der Waals surface area (Å²) < 4.78 is 6.84. The molecule has 3 aromatic rings. The maximum atomic E-state index is 12.3. The molecule has 0 saturated carbocycles. The number of anilines is 1. The Morgan fingerprint density at radius 3 is 2.67 bits per heavy atom. The summed E-state index contributed by atoms with van der Waals surface area (Å²) in [7, 11) is 3.31. The number of methoxy groups -OCH3 is 1. The predicted octanol–water partition coefficient (Wildman–Crippen LogP) is 2.85. The number of aromatic nitrogens is 3. The first-order valence-corrected chi connectivity index (χ1v) is 9.97. The number of rotatable bonds is 8. The second-order valence-electron chi connectivity index (χ2n) is 6.32. The van der Waals surface area contributed by atoms with Gasteiger partial charge in [0.1, 0.15) is 11.6 Å². The van der Waals surface area contributed by atoms with Gasteiger partial charge in [-0.3, -0.25) is 9.59 Å². The van der Waals surface area contributed by atoms with E-state index < -0.39 is 0 Å². The fourth-order valence-corrected chi connectivity index (χ4v) is 3.44. The number of benzene rings is 2. The van der Waals surface area contributed by atoms with Gasteiger partial charge in [-0.2, -0.15) is 5.26 Å². The van der Waals surface area contributed by atoms with Crippen molar-refractivity contribution in [2.45, 2.75) is 11.6 Å². The first kappa shape index (κ1) is 21.1. The SMILES string of the molecule is COc1cccc(NC(=O)Cc2nnc(SCC(=O)c3ccc(C#N)cc3)n2C)c1. The zero-order valence-electron chi connectivity index (χ0n) is 16.5. The van der Waals surface area contributed by atoms with Crippen LogP contribution in [0.5, 0.6) is 5.75 Å². The lowest BCUT2D eigenvalue weighted by atomic mass is 10.1. The summed E-state index contributed by atoms with van der Waals surface area (Å²) in [5, 5.41) is 20.3. The number of carbonyl (C=O) groups excluding carboxylic acids is 2. The van der Waals surface area contributed by atoms with Gasteiger partial charge in [0.15, 0.2) is 10.9 Å². The van der Waals surface area contributed by atoms with Gasteiger partial charge in [-0.15, -0.1) is 10.2 Å². The number of hydrogen-bond acceptors (Lipinski definition) is 7. The third-order valence-corrected chi connectivity index (χ3v) is 5.29. The Morgan fingerprint density at radius 1 is 1.20 bits per heavy atom. The highest BCUT2D eigenvalue weighted by atomic mass is 32.2. The predicted molar refractivity (Wildman–Crippen MR) is 113 cm³/mol. The second-order valence-corrected chi connectivity index (χ2v) is 7.26. The number of ether oxygens (including phenoxy) is 1. The lowest BCUT2D eigenvalue weighted by Gasteiger charge is -2.07. The number of hydrogen-bond donors (Lipinski definition) is 1. The number of amides is 1. The fraction of sp³-hybridized carbons (Fsp3) is 0.190. The van der Waals surface area contributed by atoms with Crippen LogP contribution in [0.2, 0.25) is 0 Å². The minimum absolute atomic E-state index is 0.0465. The highest BCUT2D eigenvalue weighted by Crippen LogP contribution is 2.19. The minimum Gasteiger partial charge on any atom is -0.497 e. The largest absolute Gasteiger partial charge is 0.497 e. The summed E-state index contributed by atoms with van der Waals surface area (Å²) in [5.74, 6) is 1.00. The van der Waals surface area contributed by atoms with Gasteiger partial charge in [0, 0.05) is 24.4 Å². The number of ketones is 1. The van der Waals surface area contributed by atoms with Crippen molar-refractivity contribution in [3.05, 3.63) is 65.5 Å². The summed E-state index contributed by atoms with van der Waals surface area (Å²) in [4.78, 5) is 24.7. The average molecular weight is 421 g/mol. The summed E-state index contributed by atoms with van der Waals surface area (Å²) in [6.45, 7) is 0. The molecule has 9 heteroatoms. The highest BCUT2D eigenvalue weighted by molar-refractivity contribution is 7.99. The number of nitrogens with one attached hydrogen (secondary N) is 1. The third-order valence-electron chi connectivity index (χ3n) is 4.27. The van der Waals surface area contributed by atoms with Gasteiger partial charge in [-0.05, 0) is 24.3 Å². The molecule has 0 aliphatic heterocycles. The summed E-state index contributed by atoms with van der Waals surface area (Å²) in [5.41, 5.74) is 1.66. The third kappa shape index (κ3) is 5.24. The first-order valence-electron chi connectivity index (χ1n) is 8.98. The monoisotopic (exact) mass is 421 g/mol. The highest BCUT2D eigenvalue weighted by Gasteiger charge is 2.15. The zero-order chi connectivity index (χ0) is 21.5. The molecule has 0 bridgehead atoms. The maximum absolute atomic E-state index is 12.3. The Kier molecular flexibility index (Phi) is 6.83. The van der Waals surface area contributed by atoms with Crippen LogP contribution in [0, 0.1) is 11.3 Å². The van der Waals surface area contributed by atoms with Crippen molar-refractivity contribution in [1.29, 1.82) is 5.26 Å². The van der Waals surface area contributed by atoms with E-state index >= 15 is 0 Å². The van der Waals surface area contributed by atoms with E-state index in [0.717, 1.165) is 0 Å². The normalized spacial score (nSPS) is 10.3. The molecule has 1 N–H and O–H groups in total. The molecule has 1 amide bonds. The zero-order valence-corrected chi connectivity index (χ0v) is 17.3. The lowest BCUT2D eigenvalue weighted by Crippen LogP contribution is -2.17. The van der Waals surface area contributed by atoms with E-state index in [2.05, 4.69) is 15.5 Å². The van der Waals surface area contributed by atoms with E-state index in [4.69, 9.17) is 10.00 Å². The Morgan fingerprint density at radius 2 is 1.97 bits per heavy atom. The van der Waals surface area contributed by atoms with E-state index in [1.54, 1.807) is 67.3 Å². The van der Waals surface area contributed by atoms with E-state index in [1.807, 2.05) is 6.07 Å². The quantitative estimate of drug-likeness (QED) is 0.440. The van der Waals surface area contributed by atoms with Gasteiger partial charge in [0.2, 0.25) is 5.91 Å². The molecule has 0 saturated heterocycles. The van der Waals surface area contributed by atoms with Gasteiger partial charge < -0.3 is 14.6 Å². The molecular weight excluding hydrogens is 402 g/mol. The molecule has 1 heterocycles. The molecule has 30 heavy (non-hydrogen) atoms. The van der Waals surface area contributed by atoms with Crippen LogP contribution in [0.25, 0.3) is 0 Å². The summed E-state index contributed by atoms with van der Waals surface area (Å²) >= 11 is 1.24. The standard InChI is InChI=1S/C21H19N5O3S/c1-26-19(11-20(28)23-16-4-3-5-17(10-16)29-2)24-25-21(26)30-13-18(27)15-8-6-14(12-22)7-9-15/h3-10H,11,13H2,1-2H3,(H,23,28). The van der Waals surface area contributed by atoms with E-state index in [1.165, 1.54) is 11.8 Å². The number of carbonyl (C=O) groups is 2. The topological polar surface area (TPSA) is 110 Å². The maximum Gasteiger partial charge on any atom is 0.232 e. The van der Waals surface area contributed by atoms with Crippen molar-refractivity contribution in [1.82, 2.24) is 14.8 Å². The van der Waals surface area contributed by atoms with Crippen LogP contribution in [0.3, 0.4) is 0 Å². The van der Waals surface area contributed by atoms with Gasteiger partial charge in [-0.25, -0.2) is 0 Å². The Balaban J connectivity index is 1.57. The number of Topliss-reactive ketones (excluding diaryl/α,β-unsaturated/α-hetero) is 1. The van der Waals surface area contributed by atoms with Crippen LogP contribution in [0.4, 0.5) is 5.69 Å². The van der Waals surface area contributed by atoms with E-state index in [-0.39, 0.29) is 23.9 Å². The first-order chi connectivity index (χ1) is 14.5. The number of nitrogens with zero attached hydrogens (tertiary/aromatic N) is 4. The average Bonchev–Trinajstić information content (AvgIpc) is 3.11. The number of nitriles is 1. The van der Waals surface area contributed by atoms with Crippen LogP contribution in [-0.2, 0) is 18.3 Å². The molecular formula is C21H19N5O3S. The lowest BCUT2D eigenvalue weighted by molar-refractivity contribution is -0.115. The Hall–Kier alpha value is -3.64. The van der Waals surface area contributed by atoms with Crippen LogP contribution in [0.1, 0.15) is 21.7 Å². The molecule has 0 aliphatic rings. The molecule has 2 aromatic carbocycles. The van der Waals surface area contributed by atoms with Gasteiger partial charge >= 0.3 is 0 Å². The molecule has 0 fully saturated rings. The molecule has 3 rings (SSSR count). The molecule has 0 aliphatic carbocycles. The van der Waals surface area contributed by atoms with Crippen molar-refractivity contribution in [2.75, 3.05) is 18.2 Å². The number of thioether (sulfide) groups is 1. The van der Waals surface area contributed by atoms with Crippen molar-refractivity contribution in [2.24, 2.45) is 7.05 Å². The molecule has 152 valence electrons. The van der Waals surface area contributed by atoms with E-state index in [0.29, 0.717) is 33.5 Å². The van der Waals surface area contributed by atoms with Crippen LogP contribution >= 0.6 is 11.8 Å². The Bertz CT molecular complexity index is 1100. The summed E-state index contributed by atoms with van der Waals surface area (Å²) in [6, 6.07) is 15.6. The summed E-state index contributed by atoms with van der Waals surface area (Å²) in [6.07, 6.45) is 0.0465. The van der Waals surface area contributed by atoms with Gasteiger partial charge in [0.05, 0.1) is 30.9 Å². The van der Waals surface area contributed by atoms with Crippen molar-refractivity contribution < 1.29 is 14.3 Å². The smallest absolute Gasteiger partial charge is 0.232 e. The van der Waals surface area contributed by atoms with Crippen molar-refractivity contribution >= 4 is 29.1 Å². The molecule has 8 nitrogen and oxygen atoms in total. The Labute approximate surface area is 177 Å². The molecule has 0 atom stereocenters. The molecule has 1 aromatic heterocycles. The fourth-order valence-electron chi connectivity index (χ4n) is 2.62. The van der Waals surface area contributed by atoms with Crippen molar-refractivity contribution in [3.8, 4) is 11.8 Å². The van der Waals surface area contributed by atoms with Gasteiger partial charge in [0.25, 0.3) is 0 Å². The van der Waals surface area contributed by atoms with Crippen LogP contribution in [0.15, 0.2) is 53.7 Å². The van der Waals surface area contributed by atoms with Crippen LogP contribution < -0.4 is 10.1 Å². The molecule has 0 spiro atoms. The minimum atomic E-state index is -0.232. The molecule has 0 unspecified atom stereocenters. The molecule has 0 radical (unpaired) electrons. The van der Waals surface area contributed by atoms with E-state index in [9.17, 15) is 9.59 Å². The van der Waals surface area contributed by atoms with Crippen molar-refractivity contribution in [3.63, 3.8) is 0 Å². The van der Waals surface area contributed by atoms with Gasteiger partial charge in [-0.1, -0.05) is 30.0 Å². The van der Waals surface area contributed by atoms with Crippen LogP contribution in [-0.4, -0.2) is 39.3 Å².